The maximum atomic E-state index is 3.64. The lowest BCUT2D eigenvalue weighted by Gasteiger charge is -2.45. The molecule has 2 nitrogen and oxygen atoms in total. The maximum Gasteiger partial charge on any atom is 0.0387 e. The third kappa shape index (κ3) is 2.72. The molecule has 1 unspecified atom stereocenters. The fourth-order valence-electron chi connectivity index (χ4n) is 2.61. The Bertz CT molecular complexity index is 431. The van der Waals surface area contributed by atoms with Gasteiger partial charge in [0.2, 0.25) is 0 Å². The van der Waals surface area contributed by atoms with Gasteiger partial charge in [-0.15, -0.1) is 0 Å². The van der Waals surface area contributed by atoms with Gasteiger partial charge in [-0.05, 0) is 57.9 Å². The highest BCUT2D eigenvalue weighted by atomic mass is 79.9. The van der Waals surface area contributed by atoms with E-state index in [-0.39, 0.29) is 5.54 Å². The molecule has 0 amide bonds. The van der Waals surface area contributed by atoms with Crippen molar-refractivity contribution < 1.29 is 0 Å². The van der Waals surface area contributed by atoms with Gasteiger partial charge in [-0.25, -0.2) is 0 Å². The molecule has 1 fully saturated rings. The van der Waals surface area contributed by atoms with E-state index >= 15 is 0 Å². The van der Waals surface area contributed by atoms with Gasteiger partial charge in [0.1, 0.15) is 0 Å². The Kier molecular flexibility index (Phi) is 3.75. The zero-order chi connectivity index (χ0) is 13.5. The van der Waals surface area contributed by atoms with Gasteiger partial charge in [0.25, 0.3) is 0 Å². The van der Waals surface area contributed by atoms with Crippen molar-refractivity contribution in [1.29, 1.82) is 0 Å². The summed E-state index contributed by atoms with van der Waals surface area (Å²) in [5.41, 5.74) is 4.15. The Morgan fingerprint density at radius 2 is 1.83 bits per heavy atom. The van der Waals surface area contributed by atoms with E-state index in [4.69, 9.17) is 0 Å². The van der Waals surface area contributed by atoms with Gasteiger partial charge in [-0.2, -0.15) is 0 Å². The van der Waals surface area contributed by atoms with Crippen LogP contribution in [0.4, 0.5) is 5.69 Å². The van der Waals surface area contributed by atoms with Crippen LogP contribution in [0.25, 0.3) is 0 Å². The van der Waals surface area contributed by atoms with Crippen LogP contribution in [-0.4, -0.2) is 24.7 Å². The molecule has 1 heterocycles. The Morgan fingerprint density at radius 1 is 1.28 bits per heavy atom. The summed E-state index contributed by atoms with van der Waals surface area (Å²) in [6, 6.07) is 5.11. The van der Waals surface area contributed by atoms with Crippen molar-refractivity contribution in [2.45, 2.75) is 46.2 Å². The molecule has 100 valence electrons. The Balaban J connectivity index is 2.35. The quantitative estimate of drug-likeness (QED) is 0.852. The predicted molar refractivity (Wildman–Crippen MR) is 82.5 cm³/mol. The van der Waals surface area contributed by atoms with Gasteiger partial charge in [0.15, 0.2) is 0 Å². The van der Waals surface area contributed by atoms with E-state index in [9.17, 15) is 0 Å². The highest BCUT2D eigenvalue weighted by Gasteiger charge is 2.30. The molecule has 3 heteroatoms. The van der Waals surface area contributed by atoms with Crippen LogP contribution in [0, 0.1) is 13.8 Å². The SMILES string of the molecule is Cc1cc(N2CC(C)(C)NCC2C)cc(C)c1Br. The second kappa shape index (κ2) is 4.86. The van der Waals surface area contributed by atoms with Gasteiger partial charge < -0.3 is 10.2 Å². The van der Waals surface area contributed by atoms with Crippen LogP contribution in [0.1, 0.15) is 31.9 Å². The van der Waals surface area contributed by atoms with Gasteiger partial charge in [-0.1, -0.05) is 15.9 Å². The van der Waals surface area contributed by atoms with E-state index in [1.54, 1.807) is 0 Å². The van der Waals surface area contributed by atoms with E-state index in [0.717, 1.165) is 13.1 Å². The lowest BCUT2D eigenvalue weighted by molar-refractivity contribution is 0.318. The molecule has 1 aromatic carbocycles. The zero-order valence-corrected chi connectivity index (χ0v) is 13.6. The number of nitrogens with one attached hydrogen (secondary N) is 1. The molecule has 1 N–H and O–H groups in total. The van der Waals surface area contributed by atoms with Crippen molar-refractivity contribution >= 4 is 21.6 Å². The standard InChI is InChI=1S/C15H23BrN2/c1-10-6-13(7-11(2)14(10)16)18-9-15(4,5)17-8-12(18)3/h6-7,12,17H,8-9H2,1-5H3. The molecule has 0 spiro atoms. The first kappa shape index (κ1) is 13.9. The molecule has 1 aromatic rings. The van der Waals surface area contributed by atoms with Crippen molar-refractivity contribution in [3.05, 3.63) is 27.7 Å². The summed E-state index contributed by atoms with van der Waals surface area (Å²) in [5.74, 6) is 0. The van der Waals surface area contributed by atoms with E-state index < -0.39 is 0 Å². The molecule has 2 rings (SSSR count). The lowest BCUT2D eigenvalue weighted by atomic mass is 9.98. The van der Waals surface area contributed by atoms with Crippen LogP contribution in [0.3, 0.4) is 0 Å². The third-order valence-electron chi connectivity index (χ3n) is 3.73. The minimum Gasteiger partial charge on any atom is -0.366 e. The van der Waals surface area contributed by atoms with Crippen molar-refractivity contribution in [3.63, 3.8) is 0 Å². The second-order valence-corrected chi connectivity index (χ2v) is 6.93. The number of hydrogen-bond acceptors (Lipinski definition) is 2. The molecular formula is C15H23BrN2. The minimum atomic E-state index is 0.182. The largest absolute Gasteiger partial charge is 0.366 e. The molecule has 0 bridgehead atoms. The molecule has 0 aliphatic carbocycles. The summed E-state index contributed by atoms with van der Waals surface area (Å²) < 4.78 is 1.23. The Morgan fingerprint density at radius 3 is 2.39 bits per heavy atom. The normalized spacial score (nSPS) is 23.2. The van der Waals surface area contributed by atoms with Crippen molar-refractivity contribution in [1.82, 2.24) is 5.32 Å². The molecule has 1 saturated heterocycles. The fraction of sp³-hybridized carbons (Fsp3) is 0.600. The van der Waals surface area contributed by atoms with E-state index in [0.29, 0.717) is 6.04 Å². The molecule has 0 saturated carbocycles. The maximum absolute atomic E-state index is 3.64. The van der Waals surface area contributed by atoms with Crippen LogP contribution >= 0.6 is 15.9 Å². The number of benzene rings is 1. The van der Waals surface area contributed by atoms with Gasteiger partial charge in [0.05, 0.1) is 0 Å². The number of rotatable bonds is 1. The van der Waals surface area contributed by atoms with Crippen molar-refractivity contribution in [3.8, 4) is 0 Å². The molecule has 1 aliphatic rings. The Hall–Kier alpha value is -0.540. The van der Waals surface area contributed by atoms with Crippen LogP contribution in [0.15, 0.2) is 16.6 Å². The monoisotopic (exact) mass is 310 g/mol. The van der Waals surface area contributed by atoms with Crippen LogP contribution in [0.5, 0.6) is 0 Å². The third-order valence-corrected chi connectivity index (χ3v) is 4.98. The van der Waals surface area contributed by atoms with Gasteiger partial charge in [-0.3, -0.25) is 0 Å². The molecular weight excluding hydrogens is 288 g/mol. The van der Waals surface area contributed by atoms with Crippen molar-refractivity contribution in [2.75, 3.05) is 18.0 Å². The van der Waals surface area contributed by atoms with Crippen molar-refractivity contribution in [2.24, 2.45) is 0 Å². The number of hydrogen-bond donors (Lipinski definition) is 1. The number of nitrogens with zero attached hydrogens (tertiary/aromatic N) is 1. The van der Waals surface area contributed by atoms with Crippen LogP contribution in [-0.2, 0) is 0 Å². The summed E-state index contributed by atoms with van der Waals surface area (Å²) in [5, 5.41) is 3.60. The summed E-state index contributed by atoms with van der Waals surface area (Å²) in [6.45, 7) is 13.2. The highest BCUT2D eigenvalue weighted by Crippen LogP contribution is 2.30. The molecule has 0 radical (unpaired) electrons. The highest BCUT2D eigenvalue weighted by molar-refractivity contribution is 9.10. The number of anilines is 1. The van der Waals surface area contributed by atoms with Crippen LogP contribution in [0.2, 0.25) is 0 Å². The van der Waals surface area contributed by atoms with E-state index in [1.165, 1.54) is 21.3 Å². The first-order valence-corrected chi connectivity index (χ1v) is 7.38. The van der Waals surface area contributed by atoms with E-state index in [1.807, 2.05) is 0 Å². The van der Waals surface area contributed by atoms with Gasteiger partial charge >= 0.3 is 0 Å². The minimum absolute atomic E-state index is 0.182. The molecule has 1 aliphatic heterocycles. The predicted octanol–water partition coefficient (Wildman–Crippen LogP) is 3.64. The summed E-state index contributed by atoms with van der Waals surface area (Å²) >= 11 is 3.64. The lowest BCUT2D eigenvalue weighted by Crippen LogP contribution is -2.61. The number of aryl methyl sites for hydroxylation is 2. The summed E-state index contributed by atoms with van der Waals surface area (Å²) in [4.78, 5) is 2.52. The van der Waals surface area contributed by atoms with Gasteiger partial charge in [0, 0.05) is 34.8 Å². The zero-order valence-electron chi connectivity index (χ0n) is 12.0. The Labute approximate surface area is 119 Å². The average Bonchev–Trinajstić information content (AvgIpc) is 2.28. The fourth-order valence-corrected chi connectivity index (χ4v) is 2.84. The molecule has 0 aromatic heterocycles. The topological polar surface area (TPSA) is 15.3 Å². The first-order chi connectivity index (χ1) is 8.30. The second-order valence-electron chi connectivity index (χ2n) is 6.14. The first-order valence-electron chi connectivity index (χ1n) is 6.58. The summed E-state index contributed by atoms with van der Waals surface area (Å²) in [6.07, 6.45) is 0. The average molecular weight is 311 g/mol. The number of halogens is 1. The number of piperazine rings is 1. The molecule has 1 atom stereocenters. The van der Waals surface area contributed by atoms with E-state index in [2.05, 4.69) is 72.9 Å². The summed E-state index contributed by atoms with van der Waals surface area (Å²) in [7, 11) is 0. The molecule has 18 heavy (non-hydrogen) atoms. The van der Waals surface area contributed by atoms with Crippen LogP contribution < -0.4 is 10.2 Å². The smallest absolute Gasteiger partial charge is 0.0387 e.